The molecule has 0 atom stereocenters. The van der Waals surface area contributed by atoms with Crippen LogP contribution in [0.25, 0.3) is 10.9 Å². The van der Waals surface area contributed by atoms with Crippen molar-refractivity contribution in [1.82, 2.24) is 15.2 Å². The molecule has 1 aliphatic rings. The number of alkyl halides is 1. The molecule has 1 fully saturated rings. The Morgan fingerprint density at radius 1 is 0.953 bits per heavy atom. The Morgan fingerprint density at radius 3 is 2.40 bits per heavy atom. The molecule has 0 spiro atoms. The molecular weight excluding hydrogens is 563 g/mol. The summed E-state index contributed by atoms with van der Waals surface area (Å²) in [5.41, 5.74) is 2.57. The average molecular weight is 603 g/mol. The number of hydrogen-bond acceptors (Lipinski definition) is 8. The number of nitrogens with zero attached hydrogens (tertiary/aromatic N) is 2. The van der Waals surface area contributed by atoms with E-state index < -0.39 is 18.6 Å². The van der Waals surface area contributed by atoms with Gasteiger partial charge in [0.1, 0.15) is 30.5 Å². The molecule has 1 amide bonds. The zero-order chi connectivity index (χ0) is 31.0. The number of aromatic nitrogens is 1. The molecule has 0 radical (unpaired) electrons. The minimum Gasteiger partial charge on any atom is -0.495 e. The van der Waals surface area contributed by atoms with Crippen LogP contribution in [0.5, 0.6) is 11.5 Å². The number of anilines is 1. The lowest BCUT2D eigenvalue weighted by Crippen LogP contribution is -2.46. The van der Waals surface area contributed by atoms with Crippen LogP contribution in [0.3, 0.4) is 0 Å². The van der Waals surface area contributed by atoms with Gasteiger partial charge in [-0.2, -0.15) is 0 Å². The fraction of sp³-hybridized carbons (Fsp3) is 0.433. The third kappa shape index (κ3) is 10.8. The molecule has 2 aromatic carbocycles. The molecule has 3 aromatic rings. The third-order valence-electron chi connectivity index (χ3n) is 6.72. The number of carboxylic acid groups (broad SMARTS) is 2. The zero-order valence-electron chi connectivity index (χ0n) is 24.2. The number of unbranched alkanes of at least 4 members (excludes halogenated alkanes) is 1. The van der Waals surface area contributed by atoms with E-state index in [0.717, 1.165) is 67.9 Å². The first-order valence-electron chi connectivity index (χ1n) is 14.1. The number of carbonyl (C=O) groups excluding carboxylic acids is 1. The van der Waals surface area contributed by atoms with E-state index in [1.165, 1.54) is 0 Å². The summed E-state index contributed by atoms with van der Waals surface area (Å²) < 4.78 is 28.3. The highest BCUT2D eigenvalue weighted by Gasteiger charge is 2.19. The number of para-hydroxylation sites is 2. The predicted molar refractivity (Wildman–Crippen MR) is 159 cm³/mol. The number of methoxy groups -OCH3 is 1. The van der Waals surface area contributed by atoms with Crippen molar-refractivity contribution in [2.24, 2.45) is 0 Å². The summed E-state index contributed by atoms with van der Waals surface area (Å²) in [5, 5.41) is 18.7. The molecule has 12 nitrogen and oxygen atoms in total. The Morgan fingerprint density at radius 2 is 1.70 bits per heavy atom. The number of nitrogens with one attached hydrogen (secondary N) is 2. The fourth-order valence-corrected chi connectivity index (χ4v) is 4.56. The van der Waals surface area contributed by atoms with Crippen LogP contribution in [0.2, 0.25) is 0 Å². The van der Waals surface area contributed by atoms with Crippen LogP contribution in [0, 0.1) is 0 Å². The van der Waals surface area contributed by atoms with Gasteiger partial charge in [-0.1, -0.05) is 12.1 Å². The van der Waals surface area contributed by atoms with Gasteiger partial charge in [0.15, 0.2) is 0 Å². The van der Waals surface area contributed by atoms with Crippen LogP contribution in [0.4, 0.5) is 10.1 Å². The molecule has 0 bridgehead atoms. The highest BCUT2D eigenvalue weighted by Crippen LogP contribution is 2.28. The lowest BCUT2D eigenvalue weighted by Gasteiger charge is -2.36. The number of benzene rings is 2. The van der Waals surface area contributed by atoms with E-state index in [4.69, 9.17) is 34.0 Å². The van der Waals surface area contributed by atoms with Crippen LogP contribution in [-0.4, -0.2) is 111 Å². The summed E-state index contributed by atoms with van der Waals surface area (Å²) in [4.78, 5) is 38.8. The highest BCUT2D eigenvalue weighted by molar-refractivity contribution is 6.27. The Labute approximate surface area is 249 Å². The molecule has 4 N–H and O–H groups in total. The fourth-order valence-electron chi connectivity index (χ4n) is 4.56. The van der Waals surface area contributed by atoms with Gasteiger partial charge in [-0.25, -0.2) is 14.0 Å². The van der Waals surface area contributed by atoms with Crippen LogP contribution < -0.4 is 19.7 Å². The van der Waals surface area contributed by atoms with E-state index in [2.05, 4.69) is 32.2 Å². The SMILES string of the molecule is COc1ccccc1N1CCN(CCCCNC(=O)c2cc3cc(OCCOCCF)ccc3[nH]2)CC1.O=C(O)C(=O)O. The van der Waals surface area contributed by atoms with Gasteiger partial charge < -0.3 is 39.6 Å². The van der Waals surface area contributed by atoms with Crippen LogP contribution in [0.1, 0.15) is 23.3 Å². The maximum Gasteiger partial charge on any atom is 0.414 e. The van der Waals surface area contributed by atoms with Crippen molar-refractivity contribution in [3.63, 3.8) is 0 Å². The normalized spacial score (nSPS) is 13.2. The number of halogens is 1. The summed E-state index contributed by atoms with van der Waals surface area (Å²) in [5.74, 6) is -2.15. The second kappa shape index (κ2) is 17.6. The maximum absolute atomic E-state index is 12.6. The summed E-state index contributed by atoms with van der Waals surface area (Å²) in [7, 11) is 1.72. The summed E-state index contributed by atoms with van der Waals surface area (Å²) in [6.07, 6.45) is 1.97. The minimum absolute atomic E-state index is 0.0838. The first-order valence-corrected chi connectivity index (χ1v) is 14.1. The van der Waals surface area contributed by atoms with Gasteiger partial charge in [0.05, 0.1) is 26.0 Å². The van der Waals surface area contributed by atoms with E-state index in [0.29, 0.717) is 31.2 Å². The van der Waals surface area contributed by atoms with Crippen LogP contribution in [0.15, 0.2) is 48.5 Å². The van der Waals surface area contributed by atoms with E-state index in [-0.39, 0.29) is 12.5 Å². The first-order chi connectivity index (χ1) is 20.8. The quantitative estimate of drug-likeness (QED) is 0.160. The number of hydrogen-bond donors (Lipinski definition) is 4. The lowest BCUT2D eigenvalue weighted by atomic mass is 10.2. The zero-order valence-corrected chi connectivity index (χ0v) is 24.2. The minimum atomic E-state index is -1.82. The number of carbonyl (C=O) groups is 3. The molecule has 4 rings (SSSR count). The van der Waals surface area contributed by atoms with Gasteiger partial charge >= 0.3 is 11.9 Å². The number of aromatic amines is 1. The van der Waals surface area contributed by atoms with Crippen molar-refractivity contribution in [1.29, 1.82) is 0 Å². The topological polar surface area (TPSA) is 154 Å². The second-order valence-electron chi connectivity index (χ2n) is 9.66. The molecule has 13 heteroatoms. The number of amides is 1. The van der Waals surface area contributed by atoms with Gasteiger partial charge in [-0.15, -0.1) is 0 Å². The van der Waals surface area contributed by atoms with Gasteiger partial charge in [0.2, 0.25) is 0 Å². The molecular formula is C30H39FN4O8. The standard InChI is InChI=1S/C28H37FN4O4.C2H2O4/c1-35-27-7-3-2-6-26(27)33-15-13-32(14-16-33)12-5-4-11-30-28(34)25-21-22-20-23(8-9-24(22)31-25)37-19-18-36-17-10-29;3-1(4)2(5)6/h2-3,6-9,20-21,31H,4-5,10-19H2,1H3,(H,30,34);(H,3,4)(H,5,6). The molecule has 2 heterocycles. The lowest BCUT2D eigenvalue weighted by molar-refractivity contribution is -0.159. The maximum atomic E-state index is 12.6. The Hall–Kier alpha value is -4.36. The number of aliphatic carboxylic acids is 2. The van der Waals surface area contributed by atoms with E-state index in [9.17, 15) is 9.18 Å². The van der Waals surface area contributed by atoms with Crippen molar-refractivity contribution in [2.45, 2.75) is 12.8 Å². The van der Waals surface area contributed by atoms with Gasteiger partial charge in [-0.3, -0.25) is 9.69 Å². The van der Waals surface area contributed by atoms with Crippen molar-refractivity contribution < 1.29 is 43.2 Å². The Balaban J connectivity index is 0.000000765. The molecule has 234 valence electrons. The molecule has 1 aromatic heterocycles. The highest BCUT2D eigenvalue weighted by atomic mass is 19.1. The smallest absolute Gasteiger partial charge is 0.414 e. The van der Waals surface area contributed by atoms with E-state index >= 15 is 0 Å². The molecule has 1 aliphatic heterocycles. The third-order valence-corrected chi connectivity index (χ3v) is 6.72. The van der Waals surface area contributed by atoms with Crippen molar-refractivity contribution >= 4 is 34.4 Å². The van der Waals surface area contributed by atoms with Gasteiger partial charge in [-0.05, 0) is 55.8 Å². The number of carboxylic acids is 2. The predicted octanol–water partition coefficient (Wildman–Crippen LogP) is 3.03. The number of ether oxygens (including phenoxy) is 3. The molecule has 0 aliphatic carbocycles. The van der Waals surface area contributed by atoms with Crippen LogP contribution in [-0.2, 0) is 14.3 Å². The number of fused-ring (bicyclic) bond motifs is 1. The summed E-state index contributed by atoms with van der Waals surface area (Å²) >= 11 is 0. The second-order valence-corrected chi connectivity index (χ2v) is 9.66. The van der Waals surface area contributed by atoms with Crippen LogP contribution >= 0.6 is 0 Å². The number of rotatable bonds is 14. The summed E-state index contributed by atoms with van der Waals surface area (Å²) in [6, 6.07) is 15.6. The van der Waals surface area contributed by atoms with E-state index in [1.807, 2.05) is 36.4 Å². The molecule has 1 saturated heterocycles. The van der Waals surface area contributed by atoms with Gasteiger partial charge in [0, 0.05) is 43.6 Å². The monoisotopic (exact) mass is 602 g/mol. The molecule has 0 unspecified atom stereocenters. The number of H-pyrrole nitrogens is 1. The van der Waals surface area contributed by atoms with Crippen molar-refractivity contribution in [3.8, 4) is 11.5 Å². The van der Waals surface area contributed by atoms with E-state index in [1.54, 1.807) is 7.11 Å². The molecule has 43 heavy (non-hydrogen) atoms. The average Bonchev–Trinajstić information content (AvgIpc) is 3.45. The Bertz CT molecular complexity index is 1310. The Kier molecular flexibility index (Phi) is 13.5. The molecule has 0 saturated carbocycles. The van der Waals surface area contributed by atoms with Gasteiger partial charge in [0.25, 0.3) is 5.91 Å². The van der Waals surface area contributed by atoms with Crippen molar-refractivity contribution in [2.75, 3.05) is 77.8 Å². The van der Waals surface area contributed by atoms with Crippen molar-refractivity contribution in [3.05, 3.63) is 54.2 Å². The largest absolute Gasteiger partial charge is 0.495 e. The number of piperazine rings is 1. The summed E-state index contributed by atoms with van der Waals surface area (Å²) in [6.45, 7) is 5.96. The first kappa shape index (κ1) is 33.1.